The summed E-state index contributed by atoms with van der Waals surface area (Å²) in [6.07, 6.45) is 0.426. The first-order valence-corrected chi connectivity index (χ1v) is 7.13. The van der Waals surface area contributed by atoms with Crippen LogP contribution in [0, 0.1) is 0 Å². The molecule has 0 saturated heterocycles. The van der Waals surface area contributed by atoms with E-state index in [1.165, 1.54) is 4.31 Å². The minimum atomic E-state index is -3.40. The van der Waals surface area contributed by atoms with Crippen molar-refractivity contribution in [2.45, 2.75) is 19.9 Å². The third kappa shape index (κ3) is 3.34. The first-order valence-electron chi connectivity index (χ1n) is 5.68. The second-order valence-corrected chi connectivity index (χ2v) is 6.15. The largest absolute Gasteiger partial charge is 0.497 e. The number of hydrogen-bond donors (Lipinski definition) is 0. The van der Waals surface area contributed by atoms with E-state index in [1.807, 2.05) is 24.3 Å². The highest BCUT2D eigenvalue weighted by atomic mass is 32.2. The smallest absolute Gasteiger partial charge is 0.238 e. The molecule has 0 amide bonds. The first kappa shape index (κ1) is 14.7. The van der Waals surface area contributed by atoms with E-state index < -0.39 is 10.0 Å². The van der Waals surface area contributed by atoms with Crippen molar-refractivity contribution in [1.82, 2.24) is 4.31 Å². The van der Waals surface area contributed by atoms with Gasteiger partial charge in [0.15, 0.2) is 0 Å². The molecule has 1 aromatic carbocycles. The Hall–Kier alpha value is -1.33. The molecule has 0 atom stereocenters. The zero-order valence-corrected chi connectivity index (χ0v) is 11.8. The summed E-state index contributed by atoms with van der Waals surface area (Å²) in [5.74, 6) is 0.752. The van der Waals surface area contributed by atoms with Crippen molar-refractivity contribution in [3.63, 3.8) is 0 Å². The number of sulfonamides is 1. The molecule has 0 fully saturated rings. The topological polar surface area (TPSA) is 46.6 Å². The Balaban J connectivity index is 2.81. The van der Waals surface area contributed by atoms with E-state index >= 15 is 0 Å². The Kier molecular flexibility index (Phi) is 4.93. The molecule has 0 saturated carbocycles. The predicted octanol–water partition coefficient (Wildman–Crippen LogP) is 2.38. The van der Waals surface area contributed by atoms with Crippen LogP contribution in [-0.2, 0) is 16.6 Å². The summed E-state index contributed by atoms with van der Waals surface area (Å²) in [7, 11) is -0.245. The molecule has 5 heteroatoms. The first-order chi connectivity index (χ1) is 8.41. The molecule has 0 aliphatic rings. The van der Waals surface area contributed by atoms with Crippen LogP contribution in [0.3, 0.4) is 0 Å². The Morgan fingerprint density at radius 1 is 1.33 bits per heavy atom. The maximum atomic E-state index is 12.0. The molecule has 18 heavy (non-hydrogen) atoms. The van der Waals surface area contributed by atoms with E-state index in [4.69, 9.17) is 4.74 Å². The van der Waals surface area contributed by atoms with Crippen molar-refractivity contribution in [1.29, 1.82) is 0 Å². The Bertz CT molecular complexity index is 506. The molecular weight excluding hydrogens is 250 g/mol. The summed E-state index contributed by atoms with van der Waals surface area (Å²) in [6, 6.07) is 7.31. The molecule has 1 aromatic rings. The SMILES string of the molecule is C=C(CC)S(=O)(=O)N(C)Cc1ccc(OC)cc1. The summed E-state index contributed by atoms with van der Waals surface area (Å²) in [4.78, 5) is 0.235. The van der Waals surface area contributed by atoms with Gasteiger partial charge in [0.05, 0.1) is 12.0 Å². The van der Waals surface area contributed by atoms with E-state index in [0.717, 1.165) is 11.3 Å². The van der Waals surface area contributed by atoms with Crippen molar-refractivity contribution in [2.24, 2.45) is 0 Å². The number of benzene rings is 1. The van der Waals surface area contributed by atoms with Crippen LogP contribution in [0.2, 0.25) is 0 Å². The highest BCUT2D eigenvalue weighted by Gasteiger charge is 2.20. The van der Waals surface area contributed by atoms with Crippen molar-refractivity contribution < 1.29 is 13.2 Å². The molecule has 0 unspecified atom stereocenters. The van der Waals surface area contributed by atoms with Crippen LogP contribution in [0.5, 0.6) is 5.75 Å². The zero-order valence-electron chi connectivity index (χ0n) is 11.0. The van der Waals surface area contributed by atoms with E-state index in [9.17, 15) is 8.42 Å². The number of methoxy groups -OCH3 is 1. The summed E-state index contributed by atoms with van der Waals surface area (Å²) in [6.45, 7) is 5.69. The summed E-state index contributed by atoms with van der Waals surface area (Å²) in [5, 5.41) is 0. The number of allylic oxidation sites excluding steroid dienone is 1. The van der Waals surface area contributed by atoms with Crippen LogP contribution in [0.1, 0.15) is 18.9 Å². The van der Waals surface area contributed by atoms with Gasteiger partial charge in [-0.1, -0.05) is 25.6 Å². The molecule has 0 heterocycles. The molecule has 0 N–H and O–H groups in total. The van der Waals surface area contributed by atoms with Gasteiger partial charge in [-0.05, 0) is 24.1 Å². The number of rotatable bonds is 6. The molecule has 0 aliphatic heterocycles. The van der Waals surface area contributed by atoms with Crippen LogP contribution >= 0.6 is 0 Å². The van der Waals surface area contributed by atoms with Crippen LogP contribution in [0.15, 0.2) is 35.7 Å². The third-order valence-corrected chi connectivity index (χ3v) is 4.70. The molecular formula is C13H19NO3S. The van der Waals surface area contributed by atoms with Crippen LogP contribution in [-0.4, -0.2) is 26.9 Å². The second-order valence-electron chi connectivity index (χ2n) is 4.00. The van der Waals surface area contributed by atoms with Crippen LogP contribution in [0.4, 0.5) is 0 Å². The lowest BCUT2D eigenvalue weighted by Crippen LogP contribution is -2.27. The van der Waals surface area contributed by atoms with E-state index in [2.05, 4.69) is 6.58 Å². The molecule has 4 nitrogen and oxygen atoms in total. The number of nitrogens with zero attached hydrogens (tertiary/aromatic N) is 1. The van der Waals surface area contributed by atoms with Gasteiger partial charge in [-0.25, -0.2) is 8.42 Å². The minimum Gasteiger partial charge on any atom is -0.497 e. The van der Waals surface area contributed by atoms with Gasteiger partial charge in [0.25, 0.3) is 0 Å². The Morgan fingerprint density at radius 2 is 1.89 bits per heavy atom. The van der Waals surface area contributed by atoms with Crippen molar-refractivity contribution in [3.8, 4) is 5.75 Å². The molecule has 0 aliphatic carbocycles. The molecule has 0 bridgehead atoms. The molecule has 0 aromatic heterocycles. The average Bonchev–Trinajstić information content (AvgIpc) is 2.38. The van der Waals surface area contributed by atoms with Gasteiger partial charge < -0.3 is 4.74 Å². The van der Waals surface area contributed by atoms with Gasteiger partial charge in [0.1, 0.15) is 5.75 Å². The van der Waals surface area contributed by atoms with Gasteiger partial charge in [-0.2, -0.15) is 4.31 Å². The minimum absolute atomic E-state index is 0.235. The fraction of sp³-hybridized carbons (Fsp3) is 0.385. The third-order valence-electron chi connectivity index (χ3n) is 2.73. The monoisotopic (exact) mass is 269 g/mol. The van der Waals surface area contributed by atoms with Crippen LogP contribution in [0.25, 0.3) is 0 Å². The second kappa shape index (κ2) is 6.02. The predicted molar refractivity (Wildman–Crippen MR) is 72.8 cm³/mol. The Labute approximate surface area is 109 Å². The lowest BCUT2D eigenvalue weighted by atomic mass is 10.2. The number of ether oxygens (including phenoxy) is 1. The van der Waals surface area contributed by atoms with Crippen molar-refractivity contribution in [3.05, 3.63) is 41.3 Å². The lowest BCUT2D eigenvalue weighted by molar-refractivity contribution is 0.414. The summed E-state index contributed by atoms with van der Waals surface area (Å²) < 4.78 is 30.3. The van der Waals surface area contributed by atoms with Gasteiger partial charge in [0, 0.05) is 13.6 Å². The van der Waals surface area contributed by atoms with Crippen molar-refractivity contribution >= 4 is 10.0 Å². The van der Waals surface area contributed by atoms with Crippen molar-refractivity contribution in [2.75, 3.05) is 14.2 Å². The molecule has 0 spiro atoms. The van der Waals surface area contributed by atoms with E-state index in [-0.39, 0.29) is 4.91 Å². The van der Waals surface area contributed by atoms with E-state index in [1.54, 1.807) is 21.1 Å². The van der Waals surface area contributed by atoms with Gasteiger partial charge in [-0.3, -0.25) is 0 Å². The maximum absolute atomic E-state index is 12.0. The molecule has 0 radical (unpaired) electrons. The zero-order chi connectivity index (χ0) is 13.8. The standard InChI is InChI=1S/C13H19NO3S/c1-5-11(2)18(15,16)14(3)10-12-6-8-13(17-4)9-7-12/h6-9H,2,5,10H2,1,3-4H3. The fourth-order valence-corrected chi connectivity index (χ4v) is 2.60. The Morgan fingerprint density at radius 3 is 2.33 bits per heavy atom. The molecule has 100 valence electrons. The highest BCUT2D eigenvalue weighted by Crippen LogP contribution is 2.17. The average molecular weight is 269 g/mol. The highest BCUT2D eigenvalue weighted by molar-refractivity contribution is 7.92. The van der Waals surface area contributed by atoms with Crippen LogP contribution < -0.4 is 4.74 Å². The summed E-state index contributed by atoms with van der Waals surface area (Å²) in [5.41, 5.74) is 0.908. The quantitative estimate of drug-likeness (QED) is 0.796. The van der Waals surface area contributed by atoms with Gasteiger partial charge >= 0.3 is 0 Å². The van der Waals surface area contributed by atoms with Gasteiger partial charge in [0.2, 0.25) is 10.0 Å². The van der Waals surface area contributed by atoms with Gasteiger partial charge in [-0.15, -0.1) is 0 Å². The lowest BCUT2D eigenvalue weighted by Gasteiger charge is -2.18. The number of hydrogen-bond acceptors (Lipinski definition) is 3. The fourth-order valence-electron chi connectivity index (χ4n) is 1.48. The maximum Gasteiger partial charge on any atom is 0.238 e. The normalized spacial score (nSPS) is 11.6. The van der Waals surface area contributed by atoms with E-state index in [0.29, 0.717) is 13.0 Å². The molecule has 1 rings (SSSR count). The summed E-state index contributed by atoms with van der Waals surface area (Å²) >= 11 is 0.